The van der Waals surface area contributed by atoms with Crippen molar-refractivity contribution in [3.63, 3.8) is 0 Å². The summed E-state index contributed by atoms with van der Waals surface area (Å²) in [6.07, 6.45) is 8.11. The summed E-state index contributed by atoms with van der Waals surface area (Å²) in [6.45, 7) is 2.78. The van der Waals surface area contributed by atoms with Crippen molar-refractivity contribution in [3.8, 4) is 11.3 Å². The summed E-state index contributed by atoms with van der Waals surface area (Å²) in [7, 11) is 0. The van der Waals surface area contributed by atoms with Crippen molar-refractivity contribution in [1.29, 1.82) is 0 Å². The van der Waals surface area contributed by atoms with E-state index in [2.05, 4.69) is 35.7 Å². The molecular weight excluding hydrogens is 290 g/mol. The van der Waals surface area contributed by atoms with Gasteiger partial charge in [-0.1, -0.05) is 12.1 Å². The van der Waals surface area contributed by atoms with Crippen LogP contribution in [0.1, 0.15) is 34.5 Å². The molecule has 0 spiro atoms. The zero-order valence-electron chi connectivity index (χ0n) is 12.9. The summed E-state index contributed by atoms with van der Waals surface area (Å²) in [6, 6.07) is 6.89. The normalized spacial score (nSPS) is 14.5. The number of thiazole rings is 1. The number of benzene rings is 1. The predicted octanol–water partition coefficient (Wildman–Crippen LogP) is 3.75. The first-order chi connectivity index (χ1) is 10.8. The Hall–Kier alpha value is -1.65. The van der Waals surface area contributed by atoms with Crippen LogP contribution in [0.3, 0.4) is 0 Å². The molecule has 1 aliphatic rings. The Kier molecular flexibility index (Phi) is 3.51. The molecule has 0 amide bonds. The van der Waals surface area contributed by atoms with Crippen molar-refractivity contribution in [1.82, 2.24) is 9.38 Å². The van der Waals surface area contributed by atoms with Crippen LogP contribution >= 0.6 is 11.3 Å². The summed E-state index contributed by atoms with van der Waals surface area (Å²) < 4.78 is 2.22. The second-order valence-corrected chi connectivity index (χ2v) is 7.34. The molecule has 0 fully saturated rings. The molecule has 4 rings (SSSR count). The molecule has 0 atom stereocenters. The molecule has 3 aromatic rings. The van der Waals surface area contributed by atoms with Crippen LogP contribution in [0.15, 0.2) is 24.4 Å². The lowest BCUT2D eigenvalue weighted by Crippen LogP contribution is -2.06. The molecule has 2 heterocycles. The topological polar surface area (TPSA) is 43.3 Å². The van der Waals surface area contributed by atoms with Crippen LogP contribution in [-0.4, -0.2) is 15.9 Å². The molecule has 22 heavy (non-hydrogen) atoms. The quantitative estimate of drug-likeness (QED) is 0.800. The van der Waals surface area contributed by atoms with Crippen LogP contribution in [0.25, 0.3) is 16.2 Å². The van der Waals surface area contributed by atoms with E-state index in [1.807, 2.05) is 0 Å². The number of aromatic nitrogens is 2. The molecule has 3 nitrogen and oxygen atoms in total. The fourth-order valence-corrected chi connectivity index (χ4v) is 4.33. The molecule has 0 aliphatic heterocycles. The van der Waals surface area contributed by atoms with E-state index in [1.165, 1.54) is 52.9 Å². The molecule has 2 aromatic heterocycles. The second-order valence-electron chi connectivity index (χ2n) is 6.13. The van der Waals surface area contributed by atoms with Gasteiger partial charge < -0.3 is 5.73 Å². The van der Waals surface area contributed by atoms with E-state index in [1.54, 1.807) is 11.3 Å². The Labute approximate surface area is 134 Å². The van der Waals surface area contributed by atoms with E-state index in [0.717, 1.165) is 17.1 Å². The smallest absolute Gasteiger partial charge is 0.194 e. The van der Waals surface area contributed by atoms with E-state index in [0.29, 0.717) is 6.54 Å². The molecule has 0 unspecified atom stereocenters. The summed E-state index contributed by atoms with van der Waals surface area (Å²) in [5.74, 6) is 0. The molecule has 1 aromatic carbocycles. The maximum absolute atomic E-state index is 5.84. The lowest BCUT2D eigenvalue weighted by molar-refractivity contribution is 0.686. The van der Waals surface area contributed by atoms with Crippen LogP contribution < -0.4 is 5.73 Å². The number of aryl methyl sites for hydroxylation is 3. The van der Waals surface area contributed by atoms with Crippen LogP contribution in [0.4, 0.5) is 0 Å². The van der Waals surface area contributed by atoms with E-state index >= 15 is 0 Å². The van der Waals surface area contributed by atoms with Crippen molar-refractivity contribution in [2.75, 3.05) is 6.54 Å². The summed E-state index contributed by atoms with van der Waals surface area (Å²) in [4.78, 5) is 7.26. The molecule has 2 N–H and O–H groups in total. The van der Waals surface area contributed by atoms with Gasteiger partial charge in [0.25, 0.3) is 0 Å². The Bertz CT molecular complexity index is 828. The van der Waals surface area contributed by atoms with Gasteiger partial charge in [0.1, 0.15) is 0 Å². The van der Waals surface area contributed by atoms with Gasteiger partial charge in [-0.05, 0) is 56.3 Å². The van der Waals surface area contributed by atoms with Crippen LogP contribution in [0.2, 0.25) is 0 Å². The summed E-state index contributed by atoms with van der Waals surface area (Å²) >= 11 is 1.75. The van der Waals surface area contributed by atoms with E-state index in [9.17, 15) is 0 Å². The molecule has 0 bridgehead atoms. The fraction of sp³-hybridized carbons (Fsp3) is 0.389. The van der Waals surface area contributed by atoms with Crippen molar-refractivity contribution >= 4 is 16.3 Å². The van der Waals surface area contributed by atoms with E-state index < -0.39 is 0 Å². The highest BCUT2D eigenvalue weighted by molar-refractivity contribution is 7.17. The average Bonchev–Trinajstić information content (AvgIpc) is 3.04. The molecule has 114 valence electrons. The SMILES string of the molecule is Cc1cn2c(CCN)c(-c3ccc4c(c3)CCCC4)nc2s1. The third kappa shape index (κ3) is 2.27. The van der Waals surface area contributed by atoms with Gasteiger partial charge in [-0.3, -0.25) is 4.40 Å². The third-order valence-corrected chi connectivity index (χ3v) is 5.44. The molecule has 0 saturated heterocycles. The monoisotopic (exact) mass is 311 g/mol. The molecule has 4 heteroatoms. The zero-order valence-corrected chi connectivity index (χ0v) is 13.7. The van der Waals surface area contributed by atoms with Crippen LogP contribution in [-0.2, 0) is 19.3 Å². The van der Waals surface area contributed by atoms with Gasteiger partial charge in [0.15, 0.2) is 4.96 Å². The fourth-order valence-electron chi connectivity index (χ4n) is 3.49. The Morgan fingerprint density at radius 3 is 2.86 bits per heavy atom. The summed E-state index contributed by atoms with van der Waals surface area (Å²) in [5.41, 5.74) is 12.5. The van der Waals surface area contributed by atoms with Crippen molar-refractivity contribution in [2.45, 2.75) is 39.0 Å². The number of fused-ring (bicyclic) bond motifs is 2. The minimum absolute atomic E-state index is 0.653. The Morgan fingerprint density at radius 2 is 2.05 bits per heavy atom. The van der Waals surface area contributed by atoms with Crippen LogP contribution in [0, 0.1) is 6.92 Å². The minimum atomic E-state index is 0.653. The Morgan fingerprint density at radius 1 is 1.23 bits per heavy atom. The minimum Gasteiger partial charge on any atom is -0.330 e. The van der Waals surface area contributed by atoms with Crippen molar-refractivity contribution in [2.24, 2.45) is 5.73 Å². The van der Waals surface area contributed by atoms with Gasteiger partial charge in [-0.15, -0.1) is 11.3 Å². The van der Waals surface area contributed by atoms with Gasteiger partial charge in [0.2, 0.25) is 0 Å². The highest BCUT2D eigenvalue weighted by Gasteiger charge is 2.17. The summed E-state index contributed by atoms with van der Waals surface area (Å²) in [5, 5.41) is 0. The zero-order chi connectivity index (χ0) is 15.1. The standard InChI is InChI=1S/C18H21N3S/c1-12-11-21-16(8-9-19)17(20-18(21)22-12)15-7-6-13-4-2-3-5-14(13)10-15/h6-7,10-11H,2-5,8-9,19H2,1H3. The first kappa shape index (κ1) is 14.0. The highest BCUT2D eigenvalue weighted by Crippen LogP contribution is 2.31. The average molecular weight is 311 g/mol. The molecule has 0 saturated carbocycles. The molecule has 1 aliphatic carbocycles. The highest BCUT2D eigenvalue weighted by atomic mass is 32.1. The Balaban J connectivity index is 1.86. The molecule has 0 radical (unpaired) electrons. The lowest BCUT2D eigenvalue weighted by Gasteiger charge is -2.16. The first-order valence-corrected chi connectivity index (χ1v) is 8.87. The number of hydrogen-bond donors (Lipinski definition) is 1. The van der Waals surface area contributed by atoms with Gasteiger partial charge in [0.05, 0.1) is 11.4 Å². The van der Waals surface area contributed by atoms with Gasteiger partial charge in [0, 0.05) is 23.1 Å². The number of rotatable bonds is 3. The van der Waals surface area contributed by atoms with E-state index in [-0.39, 0.29) is 0 Å². The second kappa shape index (κ2) is 5.52. The van der Waals surface area contributed by atoms with Gasteiger partial charge in [-0.25, -0.2) is 4.98 Å². The molecular formula is C18H21N3S. The number of hydrogen-bond acceptors (Lipinski definition) is 3. The lowest BCUT2D eigenvalue weighted by atomic mass is 9.89. The van der Waals surface area contributed by atoms with E-state index in [4.69, 9.17) is 10.7 Å². The third-order valence-electron chi connectivity index (χ3n) is 4.54. The van der Waals surface area contributed by atoms with Gasteiger partial charge in [-0.2, -0.15) is 0 Å². The predicted molar refractivity (Wildman–Crippen MR) is 92.6 cm³/mol. The first-order valence-electron chi connectivity index (χ1n) is 8.06. The van der Waals surface area contributed by atoms with Crippen molar-refractivity contribution < 1.29 is 0 Å². The largest absolute Gasteiger partial charge is 0.330 e. The number of nitrogens with two attached hydrogens (primary N) is 1. The number of imidazole rings is 1. The maximum Gasteiger partial charge on any atom is 0.194 e. The van der Waals surface area contributed by atoms with Gasteiger partial charge >= 0.3 is 0 Å². The number of nitrogens with zero attached hydrogens (tertiary/aromatic N) is 2. The van der Waals surface area contributed by atoms with Crippen LogP contribution in [0.5, 0.6) is 0 Å². The maximum atomic E-state index is 5.84. The van der Waals surface area contributed by atoms with Crippen molar-refractivity contribution in [3.05, 3.63) is 46.1 Å².